The van der Waals surface area contributed by atoms with Crippen LogP contribution in [0.4, 0.5) is 5.69 Å². The van der Waals surface area contributed by atoms with Crippen LogP contribution in [0.2, 0.25) is 0 Å². The van der Waals surface area contributed by atoms with Gasteiger partial charge in [0.2, 0.25) is 5.91 Å². The number of phenolic OH excluding ortho intramolecular Hbond substituents is 1. The molecule has 0 fully saturated rings. The topological polar surface area (TPSA) is 105 Å². The molecule has 0 atom stereocenters. The third-order valence-corrected chi connectivity index (χ3v) is 4.02. The average molecular weight is 457 g/mol. The summed E-state index contributed by atoms with van der Waals surface area (Å²) in [5, 5.41) is 24.2. The fourth-order valence-electron chi connectivity index (χ4n) is 1.82. The number of benzene rings is 2. The Bertz CT molecular complexity index is 807. The number of nitrogens with zero attached hydrogens (tertiary/aromatic N) is 2. The van der Waals surface area contributed by atoms with E-state index in [2.05, 4.69) is 42.4 Å². The van der Waals surface area contributed by atoms with Crippen molar-refractivity contribution in [3.8, 4) is 5.75 Å². The zero-order valence-corrected chi connectivity index (χ0v) is 15.2. The van der Waals surface area contributed by atoms with E-state index in [-0.39, 0.29) is 23.8 Å². The number of carbonyl (C=O) groups is 1. The number of carbonyl (C=O) groups excluding carboxylic acids is 1. The number of nitrogens with one attached hydrogen (secondary N) is 1. The summed E-state index contributed by atoms with van der Waals surface area (Å²) in [6.45, 7) is 0. The molecule has 0 saturated carbocycles. The van der Waals surface area contributed by atoms with Crippen LogP contribution in [0.25, 0.3) is 0 Å². The van der Waals surface area contributed by atoms with Crippen molar-refractivity contribution in [1.29, 1.82) is 0 Å². The fraction of sp³-hybridized carbons (Fsp3) is 0.0667. The van der Waals surface area contributed by atoms with E-state index in [0.29, 0.717) is 15.6 Å². The minimum atomic E-state index is -0.503. The molecule has 0 aromatic heterocycles. The maximum Gasteiger partial charge on any atom is 0.269 e. The highest BCUT2D eigenvalue weighted by molar-refractivity contribution is 9.11. The number of nitro groups is 1. The molecule has 0 spiro atoms. The lowest BCUT2D eigenvalue weighted by molar-refractivity contribution is -0.384. The first-order valence-corrected chi connectivity index (χ1v) is 8.18. The molecule has 2 rings (SSSR count). The molecule has 0 saturated heterocycles. The Labute approximate surface area is 153 Å². The molecule has 0 aliphatic carbocycles. The molecule has 1 amide bonds. The summed E-state index contributed by atoms with van der Waals surface area (Å²) in [5.74, 6) is -0.375. The van der Waals surface area contributed by atoms with Crippen LogP contribution in [0, 0.1) is 10.1 Å². The summed E-state index contributed by atoms with van der Waals surface area (Å²) in [4.78, 5) is 21.9. The largest absolute Gasteiger partial charge is 0.506 e. The van der Waals surface area contributed by atoms with Gasteiger partial charge in [0.05, 0.1) is 22.0 Å². The zero-order chi connectivity index (χ0) is 17.7. The van der Waals surface area contributed by atoms with Gasteiger partial charge >= 0.3 is 0 Å². The quantitative estimate of drug-likeness (QED) is 0.408. The number of hydrogen-bond donors (Lipinski definition) is 2. The predicted molar refractivity (Wildman–Crippen MR) is 96.0 cm³/mol. The number of rotatable bonds is 5. The number of hydrazone groups is 1. The van der Waals surface area contributed by atoms with Gasteiger partial charge in [0.15, 0.2) is 0 Å². The molecular weight excluding hydrogens is 446 g/mol. The van der Waals surface area contributed by atoms with E-state index in [0.717, 1.165) is 4.47 Å². The van der Waals surface area contributed by atoms with Crippen molar-refractivity contribution < 1.29 is 14.8 Å². The molecule has 9 heteroatoms. The number of aromatic hydroxyl groups is 1. The zero-order valence-electron chi connectivity index (χ0n) is 12.1. The second kappa shape index (κ2) is 8.02. The first-order chi connectivity index (χ1) is 11.4. The minimum absolute atomic E-state index is 0.00608. The van der Waals surface area contributed by atoms with Crippen LogP contribution in [0.15, 0.2) is 50.4 Å². The van der Waals surface area contributed by atoms with Crippen LogP contribution < -0.4 is 5.43 Å². The molecule has 0 bridgehead atoms. The lowest BCUT2D eigenvalue weighted by Gasteiger charge is -2.03. The van der Waals surface area contributed by atoms with Crippen molar-refractivity contribution in [2.45, 2.75) is 6.42 Å². The van der Waals surface area contributed by atoms with Gasteiger partial charge in [-0.15, -0.1) is 0 Å². The van der Waals surface area contributed by atoms with E-state index in [1.807, 2.05) is 0 Å². The van der Waals surface area contributed by atoms with Crippen molar-refractivity contribution in [3.63, 3.8) is 0 Å². The lowest BCUT2D eigenvalue weighted by Crippen LogP contribution is -2.19. The van der Waals surface area contributed by atoms with E-state index in [4.69, 9.17) is 0 Å². The Morgan fingerprint density at radius 2 is 1.96 bits per heavy atom. The maximum atomic E-state index is 11.8. The van der Waals surface area contributed by atoms with Gasteiger partial charge in [-0.25, -0.2) is 5.43 Å². The second-order valence-electron chi connectivity index (χ2n) is 4.72. The molecule has 2 aromatic carbocycles. The highest BCUT2D eigenvalue weighted by Crippen LogP contribution is 2.30. The Morgan fingerprint density at radius 3 is 2.58 bits per heavy atom. The number of amides is 1. The number of non-ortho nitro benzene ring substituents is 1. The second-order valence-corrected chi connectivity index (χ2v) is 6.49. The van der Waals surface area contributed by atoms with Crippen LogP contribution in [0.5, 0.6) is 5.75 Å². The molecule has 124 valence electrons. The number of hydrogen-bond acceptors (Lipinski definition) is 5. The summed E-state index contributed by atoms with van der Waals surface area (Å²) < 4.78 is 1.24. The van der Waals surface area contributed by atoms with Gasteiger partial charge in [-0.05, 0) is 33.6 Å². The standard InChI is InChI=1S/C15H11Br2N3O4/c16-11-6-10(15(22)13(17)7-11)8-18-19-14(21)5-9-1-3-12(4-2-9)20(23)24/h1-4,6-8,22H,5H2,(H,19,21)/b18-8+. The summed E-state index contributed by atoms with van der Waals surface area (Å²) in [7, 11) is 0. The van der Waals surface area contributed by atoms with E-state index in [9.17, 15) is 20.0 Å². The fourth-order valence-corrected chi connectivity index (χ4v) is 3.08. The Morgan fingerprint density at radius 1 is 1.29 bits per heavy atom. The van der Waals surface area contributed by atoms with Gasteiger partial charge in [0.1, 0.15) is 5.75 Å². The highest BCUT2D eigenvalue weighted by Gasteiger charge is 2.08. The van der Waals surface area contributed by atoms with E-state index in [1.54, 1.807) is 12.1 Å². The molecule has 2 aromatic rings. The van der Waals surface area contributed by atoms with E-state index in [1.165, 1.54) is 30.5 Å². The lowest BCUT2D eigenvalue weighted by atomic mass is 10.1. The smallest absolute Gasteiger partial charge is 0.269 e. The van der Waals surface area contributed by atoms with Crippen molar-refractivity contribution in [3.05, 3.63) is 66.6 Å². The first-order valence-electron chi connectivity index (χ1n) is 6.60. The van der Waals surface area contributed by atoms with Crippen LogP contribution in [-0.2, 0) is 11.2 Å². The molecule has 2 N–H and O–H groups in total. The summed E-state index contributed by atoms with van der Waals surface area (Å²) in [5.41, 5.74) is 3.35. The first kappa shape index (κ1) is 18.1. The van der Waals surface area contributed by atoms with Gasteiger partial charge in [-0.1, -0.05) is 28.1 Å². The minimum Gasteiger partial charge on any atom is -0.506 e. The van der Waals surface area contributed by atoms with Gasteiger partial charge < -0.3 is 5.11 Å². The highest BCUT2D eigenvalue weighted by atomic mass is 79.9. The van der Waals surface area contributed by atoms with Gasteiger partial charge in [0.25, 0.3) is 5.69 Å². The van der Waals surface area contributed by atoms with Gasteiger partial charge in [-0.2, -0.15) is 5.10 Å². The SMILES string of the molecule is O=C(Cc1ccc([N+](=O)[O-])cc1)N/N=C/c1cc(Br)cc(Br)c1O. The Balaban J connectivity index is 1.97. The van der Waals surface area contributed by atoms with Crippen molar-refractivity contribution in [1.82, 2.24) is 5.43 Å². The molecule has 0 unspecified atom stereocenters. The van der Waals surface area contributed by atoms with Crippen LogP contribution in [-0.4, -0.2) is 22.2 Å². The molecule has 0 aliphatic rings. The van der Waals surface area contributed by atoms with Crippen molar-refractivity contribution >= 4 is 49.7 Å². The number of halogens is 2. The third kappa shape index (κ3) is 4.87. The average Bonchev–Trinajstić information content (AvgIpc) is 2.52. The van der Waals surface area contributed by atoms with Gasteiger partial charge in [-0.3, -0.25) is 14.9 Å². The summed E-state index contributed by atoms with van der Waals surface area (Å²) >= 11 is 6.49. The molecule has 24 heavy (non-hydrogen) atoms. The van der Waals surface area contributed by atoms with Gasteiger partial charge in [0, 0.05) is 22.2 Å². The third-order valence-electron chi connectivity index (χ3n) is 2.96. The van der Waals surface area contributed by atoms with E-state index < -0.39 is 4.92 Å². The number of nitro benzene ring substituents is 1. The van der Waals surface area contributed by atoms with E-state index >= 15 is 0 Å². The monoisotopic (exact) mass is 455 g/mol. The molecule has 0 heterocycles. The Kier molecular flexibility index (Phi) is 6.04. The summed E-state index contributed by atoms with van der Waals surface area (Å²) in [6.07, 6.45) is 1.35. The molecule has 0 aliphatic heterocycles. The van der Waals surface area contributed by atoms with Crippen molar-refractivity contribution in [2.24, 2.45) is 5.10 Å². The normalized spacial score (nSPS) is 10.8. The molecule has 7 nitrogen and oxygen atoms in total. The van der Waals surface area contributed by atoms with Crippen LogP contribution in [0.1, 0.15) is 11.1 Å². The van der Waals surface area contributed by atoms with Crippen LogP contribution >= 0.6 is 31.9 Å². The maximum absolute atomic E-state index is 11.8. The predicted octanol–water partition coefficient (Wildman–Crippen LogP) is 3.52. The van der Waals surface area contributed by atoms with Crippen molar-refractivity contribution in [2.75, 3.05) is 0 Å². The summed E-state index contributed by atoms with van der Waals surface area (Å²) in [6, 6.07) is 9.02. The van der Waals surface area contributed by atoms with Crippen LogP contribution in [0.3, 0.4) is 0 Å². The Hall–Kier alpha value is -2.26. The number of phenols is 1. The molecular formula is C15H11Br2N3O4. The molecule has 0 radical (unpaired) electrons.